The number of hydrogen-bond donors (Lipinski definition) is 0. The molecule has 0 aromatic heterocycles. The lowest BCUT2D eigenvalue weighted by Crippen LogP contribution is -2.19. The van der Waals surface area contributed by atoms with Crippen LogP contribution in [0, 0.1) is 5.41 Å². The number of carbonyl (C=O) groups is 1. The van der Waals surface area contributed by atoms with E-state index in [0.29, 0.717) is 17.6 Å². The first-order valence-electron chi connectivity index (χ1n) is 5.88. The highest BCUT2D eigenvalue weighted by Crippen LogP contribution is 2.35. The van der Waals surface area contributed by atoms with Gasteiger partial charge < -0.3 is 0 Å². The highest BCUT2D eigenvalue weighted by Gasteiger charge is 2.25. The molecule has 0 amide bonds. The zero-order valence-corrected chi connectivity index (χ0v) is 10.2. The Labute approximate surface area is 93.3 Å². The minimum Gasteiger partial charge on any atom is -0.295 e. The number of hydrogen-bond acceptors (Lipinski definition) is 1. The lowest BCUT2D eigenvalue weighted by Gasteiger charge is -2.29. The van der Waals surface area contributed by atoms with Crippen molar-refractivity contribution in [1.82, 2.24) is 0 Å². The molecule has 0 radical (unpaired) electrons. The van der Waals surface area contributed by atoms with Crippen molar-refractivity contribution < 1.29 is 4.79 Å². The molecule has 0 atom stereocenters. The molecule has 0 unspecified atom stereocenters. The smallest absolute Gasteiger partial charge is 0.158 e. The summed E-state index contributed by atoms with van der Waals surface area (Å²) in [5.74, 6) is 0.348. The van der Waals surface area contributed by atoms with Crippen LogP contribution >= 0.6 is 0 Å². The van der Waals surface area contributed by atoms with E-state index < -0.39 is 0 Å². The van der Waals surface area contributed by atoms with E-state index in [0.717, 1.165) is 24.8 Å². The Morgan fingerprint density at radius 3 is 2.87 bits per heavy atom. The average Bonchev–Trinajstić information content (AvgIpc) is 2.16. The van der Waals surface area contributed by atoms with Crippen molar-refractivity contribution in [3.05, 3.63) is 23.8 Å². The molecular weight excluding hydrogens is 184 g/mol. The molecule has 0 bridgehead atoms. The van der Waals surface area contributed by atoms with Crippen molar-refractivity contribution in [1.29, 1.82) is 0 Å². The standard InChI is InChI=1S/C14H22O/c1-4-5-6-9-13(15)12-8-7-10-14(2,3)11-12/h4-5,8H,6-7,9-11H2,1-3H3. The van der Waals surface area contributed by atoms with Crippen LogP contribution in [0.2, 0.25) is 0 Å². The second kappa shape index (κ2) is 5.29. The molecule has 0 spiro atoms. The van der Waals surface area contributed by atoms with Crippen LogP contribution in [0.4, 0.5) is 0 Å². The molecule has 15 heavy (non-hydrogen) atoms. The quantitative estimate of drug-likeness (QED) is 0.634. The van der Waals surface area contributed by atoms with Crippen LogP contribution in [0.3, 0.4) is 0 Å². The summed E-state index contributed by atoms with van der Waals surface area (Å²) in [7, 11) is 0. The molecule has 0 heterocycles. The fourth-order valence-corrected chi connectivity index (χ4v) is 2.07. The molecule has 0 saturated heterocycles. The molecule has 0 saturated carbocycles. The number of allylic oxidation sites excluding steroid dienone is 4. The molecule has 0 N–H and O–H groups in total. The molecular formula is C14H22O. The molecule has 1 rings (SSSR count). The van der Waals surface area contributed by atoms with Gasteiger partial charge in [0.15, 0.2) is 5.78 Å². The first-order valence-corrected chi connectivity index (χ1v) is 5.88. The van der Waals surface area contributed by atoms with Gasteiger partial charge in [0, 0.05) is 6.42 Å². The Balaban J connectivity index is 2.49. The van der Waals surface area contributed by atoms with Gasteiger partial charge in [-0.2, -0.15) is 0 Å². The largest absolute Gasteiger partial charge is 0.295 e. The van der Waals surface area contributed by atoms with Gasteiger partial charge in [0.25, 0.3) is 0 Å². The monoisotopic (exact) mass is 206 g/mol. The molecule has 84 valence electrons. The summed E-state index contributed by atoms with van der Waals surface area (Å²) < 4.78 is 0. The molecule has 0 aromatic carbocycles. The summed E-state index contributed by atoms with van der Waals surface area (Å²) in [5.41, 5.74) is 1.39. The SMILES string of the molecule is CC=CCCC(=O)C1=CCCC(C)(C)C1. The van der Waals surface area contributed by atoms with Gasteiger partial charge in [-0.05, 0) is 43.6 Å². The van der Waals surface area contributed by atoms with Crippen LogP contribution in [0.25, 0.3) is 0 Å². The summed E-state index contributed by atoms with van der Waals surface area (Å²) in [6, 6.07) is 0. The fraction of sp³-hybridized carbons (Fsp3) is 0.643. The van der Waals surface area contributed by atoms with Crippen molar-refractivity contribution in [2.75, 3.05) is 0 Å². The number of rotatable bonds is 4. The lowest BCUT2D eigenvalue weighted by atomic mass is 9.76. The van der Waals surface area contributed by atoms with Gasteiger partial charge in [-0.1, -0.05) is 32.1 Å². The molecule has 0 aliphatic heterocycles. The minimum absolute atomic E-state index is 0.320. The molecule has 1 aliphatic rings. The van der Waals surface area contributed by atoms with Gasteiger partial charge in [-0.3, -0.25) is 4.79 Å². The van der Waals surface area contributed by atoms with Crippen molar-refractivity contribution >= 4 is 5.78 Å². The Hall–Kier alpha value is -0.850. The van der Waals surface area contributed by atoms with E-state index in [4.69, 9.17) is 0 Å². The number of Topliss-reactive ketones (excluding diaryl/α,β-unsaturated/α-hetero) is 1. The Bertz CT molecular complexity index is 282. The van der Waals surface area contributed by atoms with Crippen LogP contribution in [0.1, 0.15) is 52.9 Å². The van der Waals surface area contributed by atoms with Crippen LogP contribution in [-0.4, -0.2) is 5.78 Å². The normalized spacial score (nSPS) is 20.3. The molecule has 1 aliphatic carbocycles. The van der Waals surface area contributed by atoms with Gasteiger partial charge in [-0.15, -0.1) is 0 Å². The van der Waals surface area contributed by atoms with Crippen molar-refractivity contribution in [3.8, 4) is 0 Å². The first-order chi connectivity index (χ1) is 7.05. The highest BCUT2D eigenvalue weighted by atomic mass is 16.1. The maximum absolute atomic E-state index is 11.9. The van der Waals surface area contributed by atoms with Crippen LogP contribution < -0.4 is 0 Å². The third-order valence-corrected chi connectivity index (χ3v) is 3.01. The third kappa shape index (κ3) is 4.03. The highest BCUT2D eigenvalue weighted by molar-refractivity contribution is 5.95. The summed E-state index contributed by atoms with van der Waals surface area (Å²) >= 11 is 0. The van der Waals surface area contributed by atoms with Gasteiger partial charge in [0.1, 0.15) is 0 Å². The molecule has 0 fully saturated rings. The summed E-state index contributed by atoms with van der Waals surface area (Å²) in [6.45, 7) is 6.49. The zero-order valence-electron chi connectivity index (χ0n) is 10.2. The van der Waals surface area contributed by atoms with E-state index in [1.54, 1.807) is 0 Å². The Morgan fingerprint density at radius 1 is 1.53 bits per heavy atom. The van der Waals surface area contributed by atoms with Gasteiger partial charge in [-0.25, -0.2) is 0 Å². The number of carbonyl (C=O) groups excluding carboxylic acids is 1. The van der Waals surface area contributed by atoms with Gasteiger partial charge >= 0.3 is 0 Å². The molecule has 1 heteroatoms. The Kier molecular flexibility index (Phi) is 4.31. The predicted molar refractivity (Wildman–Crippen MR) is 64.8 cm³/mol. The van der Waals surface area contributed by atoms with Gasteiger partial charge in [0.2, 0.25) is 0 Å². The van der Waals surface area contributed by atoms with Crippen LogP contribution in [0.5, 0.6) is 0 Å². The van der Waals surface area contributed by atoms with Crippen molar-refractivity contribution in [2.45, 2.75) is 52.9 Å². The third-order valence-electron chi connectivity index (χ3n) is 3.01. The summed E-state index contributed by atoms with van der Waals surface area (Å²) in [5, 5.41) is 0. The summed E-state index contributed by atoms with van der Waals surface area (Å²) in [6.07, 6.45) is 11.0. The van der Waals surface area contributed by atoms with Gasteiger partial charge in [0.05, 0.1) is 0 Å². The minimum atomic E-state index is 0.320. The molecule has 0 aromatic rings. The van der Waals surface area contributed by atoms with Crippen molar-refractivity contribution in [2.24, 2.45) is 5.41 Å². The van der Waals surface area contributed by atoms with E-state index in [1.807, 2.05) is 13.0 Å². The second-order valence-corrected chi connectivity index (χ2v) is 5.14. The van der Waals surface area contributed by atoms with Crippen LogP contribution in [-0.2, 0) is 4.79 Å². The van der Waals surface area contributed by atoms with E-state index in [1.165, 1.54) is 6.42 Å². The first kappa shape index (κ1) is 12.2. The second-order valence-electron chi connectivity index (χ2n) is 5.14. The summed E-state index contributed by atoms with van der Waals surface area (Å²) in [4.78, 5) is 11.9. The van der Waals surface area contributed by atoms with Crippen molar-refractivity contribution in [3.63, 3.8) is 0 Å². The van der Waals surface area contributed by atoms with E-state index >= 15 is 0 Å². The van der Waals surface area contributed by atoms with E-state index in [-0.39, 0.29) is 0 Å². The van der Waals surface area contributed by atoms with E-state index in [9.17, 15) is 4.79 Å². The average molecular weight is 206 g/mol. The number of ketones is 1. The maximum atomic E-state index is 11.9. The lowest BCUT2D eigenvalue weighted by molar-refractivity contribution is -0.116. The predicted octanol–water partition coefficient (Wildman–Crippen LogP) is 4.05. The topological polar surface area (TPSA) is 17.1 Å². The Morgan fingerprint density at radius 2 is 2.27 bits per heavy atom. The maximum Gasteiger partial charge on any atom is 0.158 e. The van der Waals surface area contributed by atoms with Crippen LogP contribution in [0.15, 0.2) is 23.8 Å². The molecule has 1 nitrogen and oxygen atoms in total. The van der Waals surface area contributed by atoms with E-state index in [2.05, 4.69) is 26.0 Å². The fourth-order valence-electron chi connectivity index (χ4n) is 2.07. The zero-order chi connectivity index (χ0) is 11.3.